The number of fused-ring (bicyclic) bond motifs is 4. The quantitative estimate of drug-likeness (QED) is 0.0107. The van der Waals surface area contributed by atoms with Gasteiger partial charge in [-0.15, -0.1) is 16.7 Å². The molecule has 0 saturated carbocycles. The predicted octanol–water partition coefficient (Wildman–Crippen LogP) is 4.91. The van der Waals surface area contributed by atoms with Gasteiger partial charge in [0.15, 0.2) is 0 Å². The number of aliphatic hydroxyl groups is 1. The summed E-state index contributed by atoms with van der Waals surface area (Å²) in [6.45, 7) is 5.25. The van der Waals surface area contributed by atoms with E-state index in [0.29, 0.717) is 44.9 Å². The van der Waals surface area contributed by atoms with E-state index < -0.39 is 83.8 Å². The first kappa shape index (κ1) is 82.1. The summed E-state index contributed by atoms with van der Waals surface area (Å²) >= 11 is 6.66. The number of halogens is 1. The molecule has 0 bridgehead atoms. The molecule has 0 fully saturated rings. The van der Waals surface area contributed by atoms with Crippen molar-refractivity contribution in [3.8, 4) is 11.5 Å². The van der Waals surface area contributed by atoms with Crippen molar-refractivity contribution in [3.63, 3.8) is 0 Å². The second kappa shape index (κ2) is 40.3. The van der Waals surface area contributed by atoms with Gasteiger partial charge in [0, 0.05) is 98.8 Å². The normalized spacial score (nSPS) is 13.5. The Morgan fingerprint density at radius 2 is 1.45 bits per heavy atom. The molecule has 37 heteroatoms. The number of likely N-dealkylation sites (N-methyl/N-ethyl adjacent to an activating group) is 1. The van der Waals surface area contributed by atoms with Crippen molar-refractivity contribution in [2.75, 3.05) is 127 Å². The van der Waals surface area contributed by atoms with E-state index in [1.807, 2.05) is 19.1 Å². The molecule has 0 spiro atoms. The van der Waals surface area contributed by atoms with E-state index in [1.54, 1.807) is 90.3 Å². The van der Waals surface area contributed by atoms with E-state index in [-0.39, 0.29) is 160 Å². The van der Waals surface area contributed by atoms with E-state index in [4.69, 9.17) is 50.5 Å². The van der Waals surface area contributed by atoms with Crippen molar-refractivity contribution in [2.45, 2.75) is 71.3 Å². The lowest BCUT2D eigenvalue weighted by Gasteiger charge is -2.26. The van der Waals surface area contributed by atoms with Gasteiger partial charge in [-0.3, -0.25) is 33.7 Å². The fraction of sp³-hybridized carbons (Fsp3) is 0.397. The molecule has 3 atom stereocenters. The number of rotatable bonds is 39. The van der Waals surface area contributed by atoms with Crippen LogP contribution >= 0.6 is 11.6 Å². The Kier molecular flexibility index (Phi) is 30.0. The number of carbonyl (C=O) groups excluding carboxylic acids is 11. The molecule has 2 aliphatic rings. The molecule has 4 aromatic carbocycles. The summed E-state index contributed by atoms with van der Waals surface area (Å²) < 4.78 is 41.8. The SMILES string of the molecule is Cc1cccc2c(OC(=O)N(CCOCCO)CCN(C)C(=O)OCc3ccc(NC(=O)[C@H](CCCNC(N)=O)NC(=O)[C@@H](NC(=O)OCCOCCn4cc(CNC(=O)OCCOCCN5C(=O)C=CC5=O)nn4)C(C)C)cc3)cc3c(c12)[C@H](CCl)CN3C(=O)c1cn2cc(NC(=O)c3ccc(O)cc3)ccc2n1. The Morgan fingerprint density at radius 1 is 0.736 bits per heavy atom. The molecule has 110 heavy (non-hydrogen) atoms. The lowest BCUT2D eigenvalue weighted by Crippen LogP contribution is -2.54. The monoisotopic (exact) mass is 1540 g/mol. The average molecular weight is 1540 g/mol. The number of pyridine rings is 1. The Morgan fingerprint density at radius 3 is 2.15 bits per heavy atom. The highest BCUT2D eigenvalue weighted by atomic mass is 35.5. The molecule has 0 radical (unpaired) electrons. The number of anilines is 3. The number of alkyl carbamates (subject to hydrolysis) is 2. The fourth-order valence-corrected chi connectivity index (χ4v) is 11.8. The van der Waals surface area contributed by atoms with Crippen molar-refractivity contribution in [3.05, 3.63) is 149 Å². The Bertz CT molecular complexity index is 4440. The van der Waals surface area contributed by atoms with Crippen LogP contribution in [0.1, 0.15) is 75.8 Å². The second-order valence-electron chi connectivity index (χ2n) is 25.6. The van der Waals surface area contributed by atoms with Gasteiger partial charge in [-0.1, -0.05) is 49.4 Å². The number of aromatic hydroxyl groups is 1. The summed E-state index contributed by atoms with van der Waals surface area (Å²) in [6.07, 6.45) is 4.14. The number of nitrogens with two attached hydrogens (primary N) is 1. The number of ether oxygens (including phenoxy) is 7. The van der Waals surface area contributed by atoms with Crippen molar-refractivity contribution in [1.82, 2.24) is 60.3 Å². The van der Waals surface area contributed by atoms with Gasteiger partial charge in [-0.05, 0) is 96.3 Å². The number of primary amides is 1. The number of phenols is 1. The van der Waals surface area contributed by atoms with Gasteiger partial charge in [-0.2, -0.15) is 0 Å². The molecule has 9 rings (SSSR count). The average Bonchev–Trinajstić information content (AvgIpc) is 1.49. The molecule has 2 aliphatic heterocycles. The van der Waals surface area contributed by atoms with Crippen LogP contribution in [0.2, 0.25) is 0 Å². The molecule has 0 saturated heterocycles. The second-order valence-corrected chi connectivity index (χ2v) is 25.9. The lowest BCUT2D eigenvalue weighted by molar-refractivity contribution is -0.137. The zero-order chi connectivity index (χ0) is 78.8. The topological polar surface area (TPSA) is 452 Å². The molecule has 36 nitrogen and oxygen atoms in total. The molecule has 0 aliphatic carbocycles. The highest BCUT2D eigenvalue weighted by Gasteiger charge is 2.38. The number of hydrogen-bond donors (Lipinski definition) is 9. The van der Waals surface area contributed by atoms with Crippen LogP contribution in [0.4, 0.5) is 41.0 Å². The fourth-order valence-electron chi connectivity index (χ4n) is 11.6. The van der Waals surface area contributed by atoms with Gasteiger partial charge < -0.3 is 100 Å². The molecule has 0 unspecified atom stereocenters. The van der Waals surface area contributed by atoms with Gasteiger partial charge in [0.2, 0.25) is 11.8 Å². The van der Waals surface area contributed by atoms with Gasteiger partial charge >= 0.3 is 30.4 Å². The largest absolute Gasteiger partial charge is 0.508 e. The van der Waals surface area contributed by atoms with Crippen LogP contribution in [0.3, 0.4) is 0 Å². The standard InChI is InChI=1S/C73H87ClN16O20/c1-45(2)64(82-71(101)108-36-34-105-30-26-88-42-52(83-84-88)39-77-70(100)107-35-33-106-31-27-89-60(93)20-21-61(89)94)67(97)81-55(9-6-22-76-69(75)99)66(96)78-50-14-10-47(11-15-50)44-109-72(102)85(4)23-24-86(25-29-104-32-28-91)73(103)110-58-37-57-63(62-46(3)7-5-8-54(58)62)49(38-74)40-90(57)68(98)56-43-87-41-51(16-19-59(87)80-56)79-65(95)48-12-17-53(92)18-13-48/h5,7-8,10-21,37,41-43,45,49,55,64,91-92H,6,9,22-36,38-40,44H2,1-4H3,(H,77,100)(H,78,96)(H,79,95)(H,81,97)(H,82,101)(H3,75,76,99)/t49-,55+,64+/m1/s1. The molecular weight excluding hydrogens is 1460 g/mol. The van der Waals surface area contributed by atoms with E-state index in [2.05, 4.69) is 47.2 Å². The summed E-state index contributed by atoms with van der Waals surface area (Å²) in [5, 5.41) is 44.3. The molecule has 7 aromatic rings. The van der Waals surface area contributed by atoms with Crippen LogP contribution in [0.25, 0.3) is 16.4 Å². The van der Waals surface area contributed by atoms with Crippen LogP contribution in [-0.2, 0) is 67.3 Å². The summed E-state index contributed by atoms with van der Waals surface area (Å²) in [5.74, 6) is -3.55. The van der Waals surface area contributed by atoms with Crippen molar-refractivity contribution >= 4 is 111 Å². The first-order valence-corrected chi connectivity index (χ1v) is 35.7. The minimum Gasteiger partial charge on any atom is -0.508 e. The number of urea groups is 1. The van der Waals surface area contributed by atoms with Crippen molar-refractivity contribution in [1.29, 1.82) is 0 Å². The highest BCUT2D eigenvalue weighted by Crippen LogP contribution is 2.47. The molecule has 5 heterocycles. The highest BCUT2D eigenvalue weighted by molar-refractivity contribution is 6.19. The number of phenolic OH excluding ortho intramolecular Hbond substituents is 1. The maximum atomic E-state index is 14.6. The number of aromatic nitrogens is 5. The maximum Gasteiger partial charge on any atom is 0.415 e. The third-order valence-corrected chi connectivity index (χ3v) is 17.7. The molecular formula is C73H87ClN16O20. The molecule has 12 amide bonds. The Hall–Kier alpha value is -12.0. The van der Waals surface area contributed by atoms with Crippen molar-refractivity contribution < 1.29 is 96.1 Å². The van der Waals surface area contributed by atoms with Crippen LogP contribution in [0.5, 0.6) is 11.5 Å². The zero-order valence-electron chi connectivity index (χ0n) is 60.9. The number of nitrogens with one attached hydrogen (secondary N) is 6. The van der Waals surface area contributed by atoms with Crippen LogP contribution < -0.4 is 47.3 Å². The van der Waals surface area contributed by atoms with E-state index in [9.17, 15) is 63.0 Å². The third kappa shape index (κ3) is 23.3. The maximum absolute atomic E-state index is 14.6. The number of amides is 12. The van der Waals surface area contributed by atoms with Gasteiger partial charge in [-0.25, -0.2) is 33.6 Å². The summed E-state index contributed by atoms with van der Waals surface area (Å²) in [7, 11) is 1.48. The third-order valence-electron chi connectivity index (χ3n) is 17.3. The van der Waals surface area contributed by atoms with Crippen LogP contribution in [-0.4, -0.2) is 239 Å². The number of aryl methyl sites for hydroxylation is 1. The Balaban J connectivity index is 0.729. The molecule has 3 aromatic heterocycles. The number of imide groups is 1. The summed E-state index contributed by atoms with van der Waals surface area (Å²) in [6, 6.07) is 19.4. The summed E-state index contributed by atoms with van der Waals surface area (Å²) in [4.78, 5) is 153. The lowest BCUT2D eigenvalue weighted by atomic mass is 9.92. The van der Waals surface area contributed by atoms with Crippen LogP contribution in [0, 0.1) is 12.8 Å². The number of hydrogen-bond acceptors (Lipinski definition) is 23. The van der Waals surface area contributed by atoms with Gasteiger partial charge in [0.05, 0.1) is 83.5 Å². The predicted molar refractivity (Wildman–Crippen MR) is 396 cm³/mol. The first-order chi connectivity index (χ1) is 53.0. The minimum atomic E-state index is -1.18. The molecule has 10 N–H and O–H groups in total. The van der Waals surface area contributed by atoms with E-state index in [0.717, 1.165) is 21.4 Å². The van der Waals surface area contributed by atoms with E-state index >= 15 is 0 Å². The molecule has 586 valence electrons. The number of imidazole rings is 1. The minimum absolute atomic E-state index is 0.00353. The number of benzene rings is 4. The number of alkyl halides is 1. The first-order valence-electron chi connectivity index (χ1n) is 35.2. The number of aliphatic hydroxyl groups excluding tert-OH is 1. The number of carbonyl (C=O) groups is 11. The Labute approximate surface area is 635 Å². The van der Waals surface area contributed by atoms with E-state index in [1.165, 1.54) is 57.9 Å². The zero-order valence-corrected chi connectivity index (χ0v) is 61.6. The summed E-state index contributed by atoms with van der Waals surface area (Å²) in [5.41, 5.74) is 9.85. The van der Waals surface area contributed by atoms with Gasteiger partial charge in [0.1, 0.15) is 60.4 Å². The van der Waals surface area contributed by atoms with Crippen molar-refractivity contribution in [2.24, 2.45) is 11.7 Å². The number of nitrogens with zero attached hydrogens (tertiary/aromatic N) is 9. The smallest absolute Gasteiger partial charge is 0.415 e. The van der Waals surface area contributed by atoms with Crippen LogP contribution in [0.15, 0.2) is 116 Å². The van der Waals surface area contributed by atoms with Gasteiger partial charge in [0.25, 0.3) is 23.6 Å².